The summed E-state index contributed by atoms with van der Waals surface area (Å²) in [6.07, 6.45) is 0. The van der Waals surface area contributed by atoms with E-state index in [4.69, 9.17) is 0 Å². The van der Waals surface area contributed by atoms with Crippen molar-refractivity contribution in [2.75, 3.05) is 0 Å². The van der Waals surface area contributed by atoms with Crippen LogP contribution in [0.3, 0.4) is 0 Å². The van der Waals surface area contributed by atoms with Crippen LogP contribution in [0.1, 0.15) is 28.9 Å². The minimum Gasteiger partial charge on any atom is -0.346 e. The largest absolute Gasteiger partial charge is 0.346 e. The van der Waals surface area contributed by atoms with Gasteiger partial charge in [0.25, 0.3) is 5.91 Å². The maximum Gasteiger partial charge on any atom is 0.251 e. The second-order valence-corrected chi connectivity index (χ2v) is 5.29. The maximum absolute atomic E-state index is 13.2. The Kier molecular flexibility index (Phi) is 4.49. The fourth-order valence-corrected chi connectivity index (χ4v) is 2.01. The summed E-state index contributed by atoms with van der Waals surface area (Å²) in [5.41, 5.74) is 1.01. The molecule has 0 aliphatic carbocycles. The molecule has 0 radical (unpaired) electrons. The first-order valence-electron chi connectivity index (χ1n) is 5.99. The number of nitrogens with one attached hydrogen (secondary N) is 1. The molecule has 1 N–H and O–H groups in total. The summed E-state index contributed by atoms with van der Waals surface area (Å²) in [6, 6.07) is 10.0. The van der Waals surface area contributed by atoms with E-state index in [0.29, 0.717) is 11.1 Å². The molecule has 0 aliphatic rings. The molecule has 0 saturated carbocycles. The summed E-state index contributed by atoms with van der Waals surface area (Å²) < 4.78 is 26.9. The highest BCUT2D eigenvalue weighted by Crippen LogP contribution is 2.17. The van der Waals surface area contributed by atoms with Crippen molar-refractivity contribution in [2.24, 2.45) is 0 Å². The first-order valence-corrected chi connectivity index (χ1v) is 6.78. The molecule has 0 aromatic heterocycles. The second kappa shape index (κ2) is 6.13. The molecule has 0 heterocycles. The van der Waals surface area contributed by atoms with Crippen molar-refractivity contribution in [3.63, 3.8) is 0 Å². The molecule has 20 heavy (non-hydrogen) atoms. The van der Waals surface area contributed by atoms with Crippen molar-refractivity contribution in [3.05, 3.63) is 69.7 Å². The van der Waals surface area contributed by atoms with Gasteiger partial charge in [0.1, 0.15) is 0 Å². The first kappa shape index (κ1) is 14.7. The quantitative estimate of drug-likeness (QED) is 0.891. The molecule has 2 aromatic carbocycles. The third-order valence-electron chi connectivity index (χ3n) is 2.90. The van der Waals surface area contributed by atoms with Crippen LogP contribution in [-0.4, -0.2) is 5.91 Å². The van der Waals surface area contributed by atoms with Gasteiger partial charge in [-0.15, -0.1) is 0 Å². The van der Waals surface area contributed by atoms with E-state index in [2.05, 4.69) is 21.2 Å². The van der Waals surface area contributed by atoms with Gasteiger partial charge in [-0.1, -0.05) is 22.0 Å². The molecule has 5 heteroatoms. The number of carbonyl (C=O) groups excluding carboxylic acids is 1. The lowest BCUT2D eigenvalue weighted by atomic mass is 10.1. The van der Waals surface area contributed by atoms with Gasteiger partial charge >= 0.3 is 0 Å². The van der Waals surface area contributed by atoms with Crippen LogP contribution in [0.4, 0.5) is 8.78 Å². The maximum atomic E-state index is 13.2. The Balaban J connectivity index is 2.10. The third kappa shape index (κ3) is 3.42. The Morgan fingerprint density at radius 1 is 1.10 bits per heavy atom. The van der Waals surface area contributed by atoms with Gasteiger partial charge < -0.3 is 5.32 Å². The molecule has 0 spiro atoms. The first-order chi connectivity index (χ1) is 9.47. The van der Waals surface area contributed by atoms with Crippen LogP contribution in [0, 0.1) is 11.6 Å². The molecule has 0 saturated heterocycles. The van der Waals surface area contributed by atoms with Crippen LogP contribution in [0.2, 0.25) is 0 Å². The summed E-state index contributed by atoms with van der Waals surface area (Å²) in [5, 5.41) is 2.74. The summed E-state index contributed by atoms with van der Waals surface area (Å²) in [5.74, 6) is -2.10. The van der Waals surface area contributed by atoms with Crippen LogP contribution in [0.15, 0.2) is 46.9 Å². The van der Waals surface area contributed by atoms with E-state index < -0.39 is 17.7 Å². The van der Waals surface area contributed by atoms with Gasteiger partial charge in [-0.2, -0.15) is 0 Å². The van der Waals surface area contributed by atoms with Crippen LogP contribution in [-0.2, 0) is 0 Å². The number of hydrogen-bond acceptors (Lipinski definition) is 1. The predicted molar refractivity (Wildman–Crippen MR) is 76.4 cm³/mol. The van der Waals surface area contributed by atoms with Gasteiger partial charge in [0.15, 0.2) is 11.6 Å². The van der Waals surface area contributed by atoms with E-state index in [9.17, 15) is 13.6 Å². The number of hydrogen-bond donors (Lipinski definition) is 1. The number of carbonyl (C=O) groups is 1. The van der Waals surface area contributed by atoms with Gasteiger partial charge in [-0.3, -0.25) is 4.79 Å². The molecule has 0 aliphatic heterocycles. The highest BCUT2D eigenvalue weighted by molar-refractivity contribution is 9.10. The minimum absolute atomic E-state index is 0.269. The Morgan fingerprint density at radius 3 is 2.35 bits per heavy atom. The van der Waals surface area contributed by atoms with Gasteiger partial charge in [0, 0.05) is 10.0 Å². The summed E-state index contributed by atoms with van der Waals surface area (Å²) in [6.45, 7) is 1.71. The molecule has 2 rings (SSSR count). The average molecular weight is 340 g/mol. The van der Waals surface area contributed by atoms with Crippen LogP contribution in [0.25, 0.3) is 0 Å². The van der Waals surface area contributed by atoms with Gasteiger partial charge in [0.2, 0.25) is 0 Å². The van der Waals surface area contributed by atoms with E-state index >= 15 is 0 Å². The monoisotopic (exact) mass is 339 g/mol. The SMILES string of the molecule is C[C@H](NC(=O)c1ccc(Br)cc1)c1ccc(F)c(F)c1. The Labute approximate surface area is 123 Å². The number of halogens is 3. The van der Waals surface area contributed by atoms with Crippen LogP contribution < -0.4 is 5.32 Å². The Hall–Kier alpha value is -1.75. The Bertz CT molecular complexity index is 628. The van der Waals surface area contributed by atoms with Crippen molar-refractivity contribution < 1.29 is 13.6 Å². The third-order valence-corrected chi connectivity index (χ3v) is 3.43. The second-order valence-electron chi connectivity index (χ2n) is 4.38. The van der Waals surface area contributed by atoms with Crippen molar-refractivity contribution in [1.29, 1.82) is 0 Å². The molecular formula is C15H12BrF2NO. The van der Waals surface area contributed by atoms with Gasteiger partial charge in [-0.05, 0) is 48.9 Å². The molecular weight excluding hydrogens is 328 g/mol. The minimum atomic E-state index is -0.924. The van der Waals surface area contributed by atoms with Crippen molar-refractivity contribution in [2.45, 2.75) is 13.0 Å². The van der Waals surface area contributed by atoms with E-state index in [0.717, 1.165) is 16.6 Å². The molecule has 2 aromatic rings. The standard InChI is InChI=1S/C15H12BrF2NO/c1-9(11-4-7-13(17)14(18)8-11)19-15(20)10-2-5-12(16)6-3-10/h2-9H,1H3,(H,19,20)/t9-/m0/s1. The van der Waals surface area contributed by atoms with Crippen LogP contribution in [0.5, 0.6) is 0 Å². The number of amides is 1. The fraction of sp³-hybridized carbons (Fsp3) is 0.133. The van der Waals surface area contributed by atoms with E-state index in [1.54, 1.807) is 31.2 Å². The van der Waals surface area contributed by atoms with E-state index in [1.807, 2.05) is 0 Å². The summed E-state index contributed by atoms with van der Waals surface area (Å²) in [4.78, 5) is 12.0. The van der Waals surface area contributed by atoms with Crippen molar-refractivity contribution in [1.82, 2.24) is 5.32 Å². The zero-order chi connectivity index (χ0) is 14.7. The Morgan fingerprint density at radius 2 is 1.75 bits per heavy atom. The topological polar surface area (TPSA) is 29.1 Å². The van der Waals surface area contributed by atoms with Gasteiger partial charge in [-0.25, -0.2) is 8.78 Å². The highest BCUT2D eigenvalue weighted by atomic mass is 79.9. The molecule has 2 nitrogen and oxygen atoms in total. The summed E-state index contributed by atoms with van der Waals surface area (Å²) >= 11 is 3.29. The smallest absolute Gasteiger partial charge is 0.251 e. The van der Waals surface area contributed by atoms with E-state index in [-0.39, 0.29) is 5.91 Å². The number of rotatable bonds is 3. The highest BCUT2D eigenvalue weighted by Gasteiger charge is 2.13. The fourth-order valence-electron chi connectivity index (χ4n) is 1.75. The van der Waals surface area contributed by atoms with Gasteiger partial charge in [0.05, 0.1) is 6.04 Å². The average Bonchev–Trinajstić information content (AvgIpc) is 2.42. The molecule has 0 unspecified atom stereocenters. The zero-order valence-electron chi connectivity index (χ0n) is 10.7. The molecule has 1 amide bonds. The lowest BCUT2D eigenvalue weighted by molar-refractivity contribution is 0.0940. The predicted octanol–water partition coefficient (Wildman–Crippen LogP) is 4.22. The van der Waals surface area contributed by atoms with Crippen molar-refractivity contribution in [3.8, 4) is 0 Å². The van der Waals surface area contributed by atoms with Crippen molar-refractivity contribution >= 4 is 21.8 Å². The molecule has 104 valence electrons. The lowest BCUT2D eigenvalue weighted by Crippen LogP contribution is -2.26. The van der Waals surface area contributed by atoms with E-state index in [1.165, 1.54) is 6.07 Å². The molecule has 0 fully saturated rings. The zero-order valence-corrected chi connectivity index (χ0v) is 12.2. The molecule has 0 bridgehead atoms. The normalized spacial score (nSPS) is 12.0. The molecule has 1 atom stereocenters. The van der Waals surface area contributed by atoms with Crippen LogP contribution >= 0.6 is 15.9 Å². The summed E-state index contributed by atoms with van der Waals surface area (Å²) in [7, 11) is 0. The lowest BCUT2D eigenvalue weighted by Gasteiger charge is -2.14. The number of benzene rings is 2.